The lowest BCUT2D eigenvalue weighted by Crippen LogP contribution is -2.31. The highest BCUT2D eigenvalue weighted by Gasteiger charge is 2.42. The number of hydrogen-bond donors (Lipinski definition) is 2. The summed E-state index contributed by atoms with van der Waals surface area (Å²) in [6.45, 7) is 5.29. The fourth-order valence-corrected chi connectivity index (χ4v) is 3.99. The molecular weight excluding hydrogens is 300 g/mol. The summed E-state index contributed by atoms with van der Waals surface area (Å²) in [4.78, 5) is 11.2. The second kappa shape index (κ2) is 6.06. The maximum Gasteiger partial charge on any atom is 0.134 e. The lowest BCUT2D eigenvalue weighted by molar-refractivity contribution is 0.249. The number of aliphatic hydroxyl groups is 1. The fourth-order valence-electron chi connectivity index (χ4n) is 3.99. The van der Waals surface area contributed by atoms with Crippen LogP contribution in [0.15, 0.2) is 36.7 Å². The third kappa shape index (κ3) is 2.53. The molecular formula is C19H24N4O. The first-order valence-corrected chi connectivity index (χ1v) is 8.72. The largest absolute Gasteiger partial charge is 0.394 e. The Morgan fingerprint density at radius 2 is 2.04 bits per heavy atom. The molecule has 2 aliphatic rings. The number of rotatable bonds is 5. The molecule has 1 saturated heterocycles. The van der Waals surface area contributed by atoms with Gasteiger partial charge in [0.15, 0.2) is 0 Å². The topological polar surface area (TPSA) is 61.3 Å². The lowest BCUT2D eigenvalue weighted by atomic mass is 9.99. The van der Waals surface area contributed by atoms with Gasteiger partial charge in [-0.15, -0.1) is 0 Å². The summed E-state index contributed by atoms with van der Waals surface area (Å²) < 4.78 is 0. The number of aromatic nitrogens is 2. The molecule has 126 valence electrons. The molecule has 5 heteroatoms. The van der Waals surface area contributed by atoms with E-state index in [4.69, 9.17) is 0 Å². The maximum atomic E-state index is 9.52. The van der Waals surface area contributed by atoms with Crippen LogP contribution in [0, 0.1) is 5.92 Å². The van der Waals surface area contributed by atoms with Crippen molar-refractivity contribution in [2.24, 2.45) is 5.92 Å². The third-order valence-corrected chi connectivity index (χ3v) is 5.38. The van der Waals surface area contributed by atoms with Crippen molar-refractivity contribution in [1.82, 2.24) is 9.97 Å². The first-order chi connectivity index (χ1) is 11.7. The van der Waals surface area contributed by atoms with Gasteiger partial charge in [-0.2, -0.15) is 0 Å². The Kier molecular flexibility index (Phi) is 3.88. The molecule has 24 heavy (non-hydrogen) atoms. The standard InChI is InChI=1S/C19H24N4O/c1-12(2)16(10-24)22-18-8-19(21-11-20-18)23-9-13-7-17(23)15-6-4-3-5-14(13)15/h3-6,8,11-13,16-17,24H,7,9-10H2,1-2H3,(H,20,21,22)/t13-,16-,17+/m1/s1. The van der Waals surface area contributed by atoms with Crippen LogP contribution < -0.4 is 10.2 Å². The molecule has 2 bridgehead atoms. The number of aliphatic hydroxyl groups excluding tert-OH is 1. The van der Waals surface area contributed by atoms with Crippen molar-refractivity contribution in [3.8, 4) is 0 Å². The van der Waals surface area contributed by atoms with Gasteiger partial charge in [-0.3, -0.25) is 0 Å². The molecule has 1 aliphatic carbocycles. The molecule has 2 heterocycles. The highest BCUT2D eigenvalue weighted by Crippen LogP contribution is 2.51. The summed E-state index contributed by atoms with van der Waals surface area (Å²) >= 11 is 0. The van der Waals surface area contributed by atoms with Gasteiger partial charge in [0.25, 0.3) is 0 Å². The van der Waals surface area contributed by atoms with E-state index in [9.17, 15) is 5.11 Å². The van der Waals surface area contributed by atoms with Gasteiger partial charge in [0, 0.05) is 18.5 Å². The van der Waals surface area contributed by atoms with Crippen molar-refractivity contribution in [2.75, 3.05) is 23.4 Å². The van der Waals surface area contributed by atoms with Gasteiger partial charge in [-0.1, -0.05) is 38.1 Å². The summed E-state index contributed by atoms with van der Waals surface area (Å²) in [6, 6.07) is 11.2. The van der Waals surface area contributed by atoms with E-state index >= 15 is 0 Å². The molecule has 3 atom stereocenters. The second-order valence-corrected chi connectivity index (χ2v) is 7.17. The number of nitrogens with one attached hydrogen (secondary N) is 1. The average Bonchev–Trinajstić information content (AvgIpc) is 3.19. The highest BCUT2D eigenvalue weighted by atomic mass is 16.3. The number of benzene rings is 1. The minimum Gasteiger partial charge on any atom is -0.394 e. The van der Waals surface area contributed by atoms with Crippen molar-refractivity contribution in [3.05, 3.63) is 47.8 Å². The molecule has 2 aromatic rings. The minimum absolute atomic E-state index is 0.00325. The predicted octanol–water partition coefficient (Wildman–Crippen LogP) is 2.95. The van der Waals surface area contributed by atoms with E-state index in [1.54, 1.807) is 6.33 Å². The zero-order chi connectivity index (χ0) is 16.7. The Labute approximate surface area is 142 Å². The van der Waals surface area contributed by atoms with E-state index in [1.165, 1.54) is 17.5 Å². The first-order valence-electron chi connectivity index (χ1n) is 8.72. The van der Waals surface area contributed by atoms with Gasteiger partial charge >= 0.3 is 0 Å². The van der Waals surface area contributed by atoms with Gasteiger partial charge in [0.1, 0.15) is 18.0 Å². The number of nitrogens with zero attached hydrogens (tertiary/aromatic N) is 3. The van der Waals surface area contributed by atoms with Crippen LogP contribution in [0.25, 0.3) is 0 Å². The second-order valence-electron chi connectivity index (χ2n) is 7.17. The van der Waals surface area contributed by atoms with E-state index < -0.39 is 0 Å². The zero-order valence-corrected chi connectivity index (χ0v) is 14.2. The normalized spacial score (nSPS) is 22.8. The number of hydrogen-bond acceptors (Lipinski definition) is 5. The molecule has 1 aromatic heterocycles. The van der Waals surface area contributed by atoms with Crippen LogP contribution in [0.3, 0.4) is 0 Å². The summed E-state index contributed by atoms with van der Waals surface area (Å²) in [6.07, 6.45) is 2.79. The van der Waals surface area contributed by atoms with Crippen molar-refractivity contribution in [1.29, 1.82) is 0 Å². The van der Waals surface area contributed by atoms with E-state index in [2.05, 4.69) is 58.3 Å². The first kappa shape index (κ1) is 15.4. The van der Waals surface area contributed by atoms with E-state index in [0.29, 0.717) is 17.9 Å². The summed E-state index contributed by atoms with van der Waals surface area (Å²) in [5.41, 5.74) is 2.95. The van der Waals surface area contributed by atoms with Crippen LogP contribution >= 0.6 is 0 Å². The van der Waals surface area contributed by atoms with Crippen LogP contribution in [0.1, 0.15) is 43.4 Å². The van der Waals surface area contributed by atoms with E-state index in [-0.39, 0.29) is 12.6 Å². The summed E-state index contributed by atoms with van der Waals surface area (Å²) in [5.74, 6) is 2.69. The zero-order valence-electron chi connectivity index (χ0n) is 14.2. The van der Waals surface area contributed by atoms with Crippen molar-refractivity contribution in [3.63, 3.8) is 0 Å². The predicted molar refractivity (Wildman–Crippen MR) is 95.3 cm³/mol. The van der Waals surface area contributed by atoms with Crippen LogP contribution in [-0.4, -0.2) is 34.3 Å². The van der Waals surface area contributed by atoms with E-state index in [0.717, 1.165) is 18.2 Å². The Bertz CT molecular complexity index is 733. The quantitative estimate of drug-likeness (QED) is 0.885. The van der Waals surface area contributed by atoms with Gasteiger partial charge in [0.05, 0.1) is 18.7 Å². The lowest BCUT2D eigenvalue weighted by Gasteiger charge is -2.30. The minimum atomic E-state index is 0.00325. The number of anilines is 2. The Morgan fingerprint density at radius 1 is 1.25 bits per heavy atom. The smallest absolute Gasteiger partial charge is 0.134 e. The maximum absolute atomic E-state index is 9.52. The molecule has 0 unspecified atom stereocenters. The molecule has 0 amide bonds. The molecule has 2 N–H and O–H groups in total. The van der Waals surface area contributed by atoms with Gasteiger partial charge < -0.3 is 15.3 Å². The van der Waals surface area contributed by atoms with Crippen LogP contribution in [0.2, 0.25) is 0 Å². The van der Waals surface area contributed by atoms with Gasteiger partial charge in [0.2, 0.25) is 0 Å². The van der Waals surface area contributed by atoms with Crippen LogP contribution in [0.5, 0.6) is 0 Å². The Morgan fingerprint density at radius 3 is 2.79 bits per heavy atom. The van der Waals surface area contributed by atoms with Gasteiger partial charge in [-0.05, 0) is 23.5 Å². The monoisotopic (exact) mass is 324 g/mol. The average molecular weight is 324 g/mol. The molecule has 0 radical (unpaired) electrons. The molecule has 4 rings (SSSR count). The summed E-state index contributed by atoms with van der Waals surface area (Å²) in [5, 5.41) is 12.8. The summed E-state index contributed by atoms with van der Waals surface area (Å²) in [7, 11) is 0. The van der Waals surface area contributed by atoms with Crippen LogP contribution in [0.4, 0.5) is 11.6 Å². The molecule has 1 aromatic carbocycles. The Balaban J connectivity index is 1.57. The van der Waals surface area contributed by atoms with Crippen molar-refractivity contribution < 1.29 is 5.11 Å². The molecule has 0 saturated carbocycles. The highest BCUT2D eigenvalue weighted by molar-refractivity contribution is 5.56. The molecule has 5 nitrogen and oxygen atoms in total. The molecule has 1 fully saturated rings. The fraction of sp³-hybridized carbons (Fsp3) is 0.474. The molecule has 1 aliphatic heterocycles. The Hall–Kier alpha value is -2.14. The number of fused-ring (bicyclic) bond motifs is 5. The molecule has 0 spiro atoms. The van der Waals surface area contributed by atoms with Crippen molar-refractivity contribution in [2.45, 2.75) is 38.3 Å². The van der Waals surface area contributed by atoms with E-state index in [1.807, 2.05) is 6.07 Å². The van der Waals surface area contributed by atoms with Crippen molar-refractivity contribution >= 4 is 11.6 Å². The van der Waals surface area contributed by atoms with Crippen LogP contribution in [-0.2, 0) is 0 Å². The third-order valence-electron chi connectivity index (χ3n) is 5.38. The SMILES string of the molecule is CC(C)[C@@H](CO)Nc1cc(N2C[C@H]3C[C@H]2c2ccccc23)ncn1. The van der Waals surface area contributed by atoms with Gasteiger partial charge in [-0.25, -0.2) is 9.97 Å².